The molecule has 1 aromatic carbocycles. The number of methoxy groups -OCH3 is 1. The van der Waals surface area contributed by atoms with E-state index in [0.717, 1.165) is 11.3 Å². The van der Waals surface area contributed by atoms with Crippen molar-refractivity contribution < 1.29 is 4.74 Å². The monoisotopic (exact) mass is 273 g/mol. The van der Waals surface area contributed by atoms with Gasteiger partial charge in [-0.25, -0.2) is 4.98 Å². The van der Waals surface area contributed by atoms with Gasteiger partial charge in [-0.15, -0.1) is 0 Å². The van der Waals surface area contributed by atoms with Crippen LogP contribution in [-0.4, -0.2) is 12.1 Å². The highest BCUT2D eigenvalue weighted by Gasteiger charge is 2.10. The van der Waals surface area contributed by atoms with E-state index in [2.05, 4.69) is 10.3 Å². The number of hydrogen-bond donors (Lipinski definition) is 1. The van der Waals surface area contributed by atoms with E-state index in [1.807, 2.05) is 31.2 Å². The van der Waals surface area contributed by atoms with Crippen LogP contribution in [0, 0.1) is 18.3 Å². The summed E-state index contributed by atoms with van der Waals surface area (Å²) in [5.41, 5.74) is 2.22. The zero-order valence-electron chi connectivity index (χ0n) is 10.6. The average molecular weight is 274 g/mol. The van der Waals surface area contributed by atoms with Crippen LogP contribution in [0.25, 0.3) is 0 Å². The third kappa shape index (κ3) is 2.78. The van der Waals surface area contributed by atoms with E-state index in [-0.39, 0.29) is 0 Å². The molecular weight excluding hydrogens is 262 g/mol. The summed E-state index contributed by atoms with van der Waals surface area (Å²) in [5, 5.41) is 12.3. The molecule has 0 aliphatic carbocycles. The molecule has 1 N–H and O–H groups in total. The topological polar surface area (TPSA) is 57.9 Å². The predicted molar refractivity (Wildman–Crippen MR) is 75.0 cm³/mol. The van der Waals surface area contributed by atoms with Gasteiger partial charge in [-0.3, -0.25) is 0 Å². The van der Waals surface area contributed by atoms with Gasteiger partial charge in [-0.2, -0.15) is 5.26 Å². The molecule has 0 saturated carbocycles. The van der Waals surface area contributed by atoms with Gasteiger partial charge in [0.2, 0.25) is 0 Å². The predicted octanol–water partition coefficient (Wildman–Crippen LogP) is 3.67. The number of nitriles is 1. The van der Waals surface area contributed by atoms with Crippen molar-refractivity contribution in [2.45, 2.75) is 6.92 Å². The molecule has 0 aliphatic heterocycles. The van der Waals surface area contributed by atoms with Gasteiger partial charge in [0.15, 0.2) is 5.82 Å². The second kappa shape index (κ2) is 5.59. The molecule has 0 bridgehead atoms. The van der Waals surface area contributed by atoms with E-state index in [4.69, 9.17) is 21.6 Å². The Morgan fingerprint density at radius 2 is 2.16 bits per heavy atom. The van der Waals surface area contributed by atoms with Crippen LogP contribution in [0.4, 0.5) is 11.5 Å². The summed E-state index contributed by atoms with van der Waals surface area (Å²) in [7, 11) is 1.59. The first-order valence-electron chi connectivity index (χ1n) is 5.62. The van der Waals surface area contributed by atoms with Crippen molar-refractivity contribution in [1.29, 1.82) is 5.26 Å². The van der Waals surface area contributed by atoms with Crippen LogP contribution in [0.3, 0.4) is 0 Å². The number of rotatable bonds is 3. The summed E-state index contributed by atoms with van der Waals surface area (Å²) in [5.74, 6) is 1.12. The minimum absolute atomic E-state index is 0.300. The quantitative estimate of drug-likeness (QED) is 0.927. The first kappa shape index (κ1) is 13.2. The normalized spacial score (nSPS) is 9.79. The minimum atomic E-state index is 0.300. The molecule has 4 nitrogen and oxygen atoms in total. The molecule has 0 unspecified atom stereocenters. The SMILES string of the molecule is COc1ccc(C)cc1Nc1nccc(C#N)c1Cl. The van der Waals surface area contributed by atoms with Crippen molar-refractivity contribution in [1.82, 2.24) is 4.98 Å². The first-order valence-corrected chi connectivity index (χ1v) is 5.99. The van der Waals surface area contributed by atoms with Gasteiger partial charge in [0.25, 0.3) is 0 Å². The molecule has 0 aliphatic rings. The van der Waals surface area contributed by atoms with Crippen molar-refractivity contribution in [3.05, 3.63) is 46.6 Å². The number of hydrogen-bond acceptors (Lipinski definition) is 4. The molecule has 0 radical (unpaired) electrons. The van der Waals surface area contributed by atoms with E-state index >= 15 is 0 Å². The van der Waals surface area contributed by atoms with Gasteiger partial charge in [0, 0.05) is 6.20 Å². The Bertz CT molecular complexity index is 650. The van der Waals surface area contributed by atoms with Gasteiger partial charge in [0.05, 0.1) is 18.4 Å². The second-order valence-electron chi connectivity index (χ2n) is 3.96. The number of ether oxygens (including phenoxy) is 1. The largest absolute Gasteiger partial charge is 0.495 e. The summed E-state index contributed by atoms with van der Waals surface area (Å²) in [4.78, 5) is 4.14. The molecule has 1 aromatic heterocycles. The van der Waals surface area contributed by atoms with E-state index < -0.39 is 0 Å². The zero-order chi connectivity index (χ0) is 13.8. The lowest BCUT2D eigenvalue weighted by molar-refractivity contribution is 0.416. The summed E-state index contributed by atoms with van der Waals surface area (Å²) < 4.78 is 5.27. The lowest BCUT2D eigenvalue weighted by Crippen LogP contribution is -1.98. The van der Waals surface area contributed by atoms with Gasteiger partial charge in [-0.05, 0) is 30.7 Å². The van der Waals surface area contributed by atoms with Crippen molar-refractivity contribution in [3.8, 4) is 11.8 Å². The number of benzene rings is 1. The zero-order valence-corrected chi connectivity index (χ0v) is 11.3. The summed E-state index contributed by atoms with van der Waals surface area (Å²) in [6.45, 7) is 1.98. The van der Waals surface area contributed by atoms with Gasteiger partial charge >= 0.3 is 0 Å². The molecule has 0 atom stereocenters. The lowest BCUT2D eigenvalue weighted by atomic mass is 10.2. The van der Waals surface area contributed by atoms with E-state index in [9.17, 15) is 0 Å². The molecule has 0 amide bonds. The molecule has 0 saturated heterocycles. The Kier molecular flexibility index (Phi) is 3.88. The summed E-state index contributed by atoms with van der Waals surface area (Å²) in [6, 6.07) is 9.33. The Morgan fingerprint density at radius 1 is 1.37 bits per heavy atom. The summed E-state index contributed by atoms with van der Waals surface area (Å²) >= 11 is 6.11. The maximum Gasteiger partial charge on any atom is 0.150 e. The standard InChI is InChI=1S/C14H12ClN3O/c1-9-3-4-12(19-2)11(7-9)18-14-13(15)10(8-16)5-6-17-14/h3-7H,1-2H3,(H,17,18). The molecule has 5 heteroatoms. The van der Waals surface area contributed by atoms with Crippen LogP contribution in [-0.2, 0) is 0 Å². The van der Waals surface area contributed by atoms with Crippen LogP contribution < -0.4 is 10.1 Å². The minimum Gasteiger partial charge on any atom is -0.495 e. The van der Waals surface area contributed by atoms with Crippen LogP contribution in [0.1, 0.15) is 11.1 Å². The van der Waals surface area contributed by atoms with E-state index in [0.29, 0.717) is 22.2 Å². The van der Waals surface area contributed by atoms with E-state index in [1.165, 1.54) is 6.20 Å². The number of aromatic nitrogens is 1. The van der Waals surface area contributed by atoms with Crippen molar-refractivity contribution in [3.63, 3.8) is 0 Å². The lowest BCUT2D eigenvalue weighted by Gasteiger charge is -2.12. The van der Waals surface area contributed by atoms with Gasteiger partial charge in [0.1, 0.15) is 16.8 Å². The number of nitrogens with zero attached hydrogens (tertiary/aromatic N) is 2. The first-order chi connectivity index (χ1) is 9.15. The van der Waals surface area contributed by atoms with Crippen molar-refractivity contribution >= 4 is 23.1 Å². The second-order valence-corrected chi connectivity index (χ2v) is 4.34. The number of halogens is 1. The van der Waals surface area contributed by atoms with Crippen LogP contribution in [0.2, 0.25) is 5.02 Å². The molecule has 2 rings (SSSR count). The molecule has 96 valence electrons. The average Bonchev–Trinajstić information content (AvgIpc) is 2.41. The highest BCUT2D eigenvalue weighted by atomic mass is 35.5. The Morgan fingerprint density at radius 3 is 2.84 bits per heavy atom. The number of nitrogens with one attached hydrogen (secondary N) is 1. The highest BCUT2D eigenvalue weighted by molar-refractivity contribution is 6.34. The molecule has 19 heavy (non-hydrogen) atoms. The van der Waals surface area contributed by atoms with Crippen LogP contribution in [0.5, 0.6) is 5.75 Å². The molecule has 2 aromatic rings. The summed E-state index contributed by atoms with van der Waals surface area (Å²) in [6.07, 6.45) is 1.54. The third-order valence-corrected chi connectivity index (χ3v) is 3.00. The third-order valence-electron chi connectivity index (χ3n) is 2.62. The van der Waals surface area contributed by atoms with Gasteiger partial charge in [-0.1, -0.05) is 17.7 Å². The van der Waals surface area contributed by atoms with E-state index in [1.54, 1.807) is 13.2 Å². The molecule has 1 heterocycles. The maximum atomic E-state index is 8.94. The highest BCUT2D eigenvalue weighted by Crippen LogP contribution is 2.31. The fourth-order valence-electron chi connectivity index (χ4n) is 1.66. The number of anilines is 2. The fourth-order valence-corrected chi connectivity index (χ4v) is 1.87. The smallest absolute Gasteiger partial charge is 0.150 e. The Labute approximate surface area is 116 Å². The van der Waals surface area contributed by atoms with Crippen molar-refractivity contribution in [2.24, 2.45) is 0 Å². The van der Waals surface area contributed by atoms with Crippen molar-refractivity contribution in [2.75, 3.05) is 12.4 Å². The number of pyridine rings is 1. The fraction of sp³-hybridized carbons (Fsp3) is 0.143. The molecular formula is C14H12ClN3O. The number of aryl methyl sites for hydroxylation is 1. The maximum absolute atomic E-state index is 8.94. The molecule has 0 fully saturated rings. The molecule has 0 spiro atoms. The van der Waals surface area contributed by atoms with Crippen LogP contribution >= 0.6 is 11.6 Å². The van der Waals surface area contributed by atoms with Gasteiger partial charge < -0.3 is 10.1 Å². The Hall–Kier alpha value is -2.25. The van der Waals surface area contributed by atoms with Crippen LogP contribution in [0.15, 0.2) is 30.5 Å². The Balaban J connectivity index is 2.42.